The standard InChI is InChI=1S/C56H56N3O.Pt/c1-34(2)41-25-43(38-15-12-11-13-16-38)30-47(29-41)59-52-18-14-17-48(53(52)58-55(59)50-32-42(35(3)4)31-49(36(5)6)54(50)60)44-26-45(28-46(27-44)56(8,9)10)51-33-40(23-24-57-51)39-21-19-37(7)20-22-39;/h11-25,27-36,60H,1-10H3;/q-1;/i7D3,19D,20D,21D,22D,23D,24D,33D,34D;. The zero-order valence-corrected chi connectivity index (χ0v) is 38.2. The molecule has 0 radical (unpaired) electrons. The molecule has 2 aromatic heterocycles. The molecule has 0 unspecified atom stereocenters. The van der Waals surface area contributed by atoms with Gasteiger partial charge in [0, 0.05) is 44.1 Å². The maximum absolute atomic E-state index is 12.3. The summed E-state index contributed by atoms with van der Waals surface area (Å²) >= 11 is 0. The van der Waals surface area contributed by atoms with E-state index in [-0.39, 0.29) is 49.9 Å². The van der Waals surface area contributed by atoms with Crippen LogP contribution in [0.5, 0.6) is 5.75 Å². The molecule has 0 aliphatic carbocycles. The van der Waals surface area contributed by atoms with Crippen LogP contribution in [0.3, 0.4) is 0 Å². The molecular formula is C56H56N3OPt-. The first-order valence-corrected chi connectivity index (χ1v) is 20.4. The Morgan fingerprint density at radius 2 is 1.46 bits per heavy atom. The summed E-state index contributed by atoms with van der Waals surface area (Å²) in [6.45, 7) is 15.1. The summed E-state index contributed by atoms with van der Waals surface area (Å²) in [5, 5.41) is 12.3. The van der Waals surface area contributed by atoms with E-state index in [0.29, 0.717) is 33.5 Å². The molecule has 0 amide bonds. The Hall–Kier alpha value is -5.57. The van der Waals surface area contributed by atoms with E-state index in [4.69, 9.17) is 17.3 Å². The van der Waals surface area contributed by atoms with E-state index in [1.807, 2.05) is 132 Å². The summed E-state index contributed by atoms with van der Waals surface area (Å²) in [5.74, 6) is -0.325. The predicted molar refractivity (Wildman–Crippen MR) is 252 cm³/mol. The van der Waals surface area contributed by atoms with Gasteiger partial charge in [-0.1, -0.05) is 164 Å². The van der Waals surface area contributed by atoms with E-state index in [0.717, 1.165) is 39.1 Å². The summed E-state index contributed by atoms with van der Waals surface area (Å²) in [4.78, 5) is 9.87. The van der Waals surface area contributed by atoms with E-state index < -0.39 is 77.3 Å². The normalized spacial score (nSPS) is 14.8. The number of pyridine rings is 1. The number of aromatic nitrogens is 3. The summed E-state index contributed by atoms with van der Waals surface area (Å²) in [7, 11) is 0. The number of para-hydroxylation sites is 1. The van der Waals surface area contributed by atoms with Crippen LogP contribution in [0.4, 0.5) is 0 Å². The average molecular weight is 993 g/mol. The van der Waals surface area contributed by atoms with Crippen molar-refractivity contribution in [3.8, 4) is 67.5 Å². The van der Waals surface area contributed by atoms with Crippen LogP contribution in [-0.4, -0.2) is 19.6 Å². The first kappa shape index (κ1) is 31.3. The predicted octanol–water partition coefficient (Wildman–Crippen LogP) is 15.2. The second-order valence-electron chi connectivity index (χ2n) is 17.3. The minimum Gasteiger partial charge on any atom is -0.507 e. The number of benzene rings is 6. The molecule has 1 N–H and O–H groups in total. The van der Waals surface area contributed by atoms with Crippen LogP contribution in [0.1, 0.15) is 123 Å². The number of imidazole rings is 1. The second kappa shape index (κ2) is 17.4. The summed E-state index contributed by atoms with van der Waals surface area (Å²) in [6.07, 6.45) is -0.596. The van der Waals surface area contributed by atoms with Gasteiger partial charge in [0.15, 0.2) is 0 Å². The van der Waals surface area contributed by atoms with Crippen molar-refractivity contribution in [3.05, 3.63) is 167 Å². The van der Waals surface area contributed by atoms with Crippen molar-refractivity contribution in [2.45, 2.75) is 92.3 Å². The zero-order valence-electron chi connectivity index (χ0n) is 46.9. The van der Waals surface area contributed by atoms with Gasteiger partial charge < -0.3 is 5.11 Å². The van der Waals surface area contributed by atoms with Gasteiger partial charge >= 0.3 is 0 Å². The molecule has 0 aliphatic heterocycles. The van der Waals surface area contributed by atoms with E-state index in [1.165, 1.54) is 0 Å². The molecule has 0 spiro atoms. The number of phenols is 1. The third-order valence-corrected chi connectivity index (χ3v) is 11.0. The van der Waals surface area contributed by atoms with E-state index in [2.05, 4.69) is 31.0 Å². The molecule has 8 aromatic rings. The van der Waals surface area contributed by atoms with Crippen molar-refractivity contribution >= 4 is 11.0 Å². The van der Waals surface area contributed by atoms with Gasteiger partial charge in [-0.2, -0.15) is 0 Å². The van der Waals surface area contributed by atoms with Crippen LogP contribution in [0, 0.1) is 12.9 Å². The third kappa shape index (κ3) is 8.79. The number of nitrogens with zero attached hydrogens (tertiary/aromatic N) is 3. The number of aromatic hydroxyl groups is 1. The number of rotatable bonds is 9. The Morgan fingerprint density at radius 1 is 0.721 bits per heavy atom. The van der Waals surface area contributed by atoms with Gasteiger partial charge in [-0.05, 0) is 99.2 Å². The average Bonchev–Trinajstić information content (AvgIpc) is 3.69. The molecule has 6 aromatic carbocycles. The number of phenolic OH excluding ortho intramolecular Hbond substituents is 1. The fraction of sp³-hybridized carbons (Fsp3) is 0.250. The van der Waals surface area contributed by atoms with Crippen LogP contribution < -0.4 is 0 Å². The second-order valence-corrected chi connectivity index (χ2v) is 17.3. The van der Waals surface area contributed by atoms with Crippen molar-refractivity contribution in [1.29, 1.82) is 0 Å². The van der Waals surface area contributed by atoms with Gasteiger partial charge in [-0.3, -0.25) is 9.55 Å². The number of hydrogen-bond donors (Lipinski definition) is 1. The molecule has 5 heteroatoms. The van der Waals surface area contributed by atoms with Crippen LogP contribution >= 0.6 is 0 Å². The van der Waals surface area contributed by atoms with Crippen LogP contribution in [0.25, 0.3) is 72.7 Å². The van der Waals surface area contributed by atoms with E-state index >= 15 is 0 Å². The Bertz CT molecular complexity index is 3400. The van der Waals surface area contributed by atoms with E-state index in [1.54, 1.807) is 6.07 Å². The molecule has 8 rings (SSSR count). The maximum atomic E-state index is 12.3. The topological polar surface area (TPSA) is 50.9 Å². The van der Waals surface area contributed by atoms with E-state index in [9.17, 15) is 7.85 Å². The Kier molecular flexibility index (Phi) is 8.94. The Morgan fingerprint density at radius 3 is 2.13 bits per heavy atom. The molecule has 4 nitrogen and oxygen atoms in total. The van der Waals surface area contributed by atoms with Crippen LogP contribution in [0.2, 0.25) is 0 Å². The quantitative estimate of drug-likeness (QED) is 0.147. The van der Waals surface area contributed by atoms with Gasteiger partial charge in [0.25, 0.3) is 0 Å². The minimum atomic E-state index is -2.97. The first-order valence-electron chi connectivity index (χ1n) is 25.9. The molecule has 2 heterocycles. The SMILES string of the molecule is [2H]c1nc(-c2[c-]c(-c3cccc4c3nc(-c3cc(C(C)C)cc(C(C)C)c3O)n4-c3cc(-c4ccccc4)cc(C([2H])(C)C)c3)cc(C(C)(C)C)c2)c([2H])c(-c2c([2H])c([2H])c(C([2H])([2H])[2H])c([2H])c2[2H])c1[2H].[Pt]. The Labute approximate surface area is 392 Å². The van der Waals surface area contributed by atoms with Gasteiger partial charge in [0.05, 0.1) is 26.2 Å². The number of hydrogen-bond acceptors (Lipinski definition) is 3. The molecule has 0 aliphatic rings. The van der Waals surface area contributed by atoms with Gasteiger partial charge in [0.1, 0.15) is 11.6 Å². The Balaban J connectivity index is 0.00000760. The van der Waals surface area contributed by atoms with Crippen LogP contribution in [0.15, 0.2) is 133 Å². The van der Waals surface area contributed by atoms with Gasteiger partial charge in [-0.15, -0.1) is 29.3 Å². The fourth-order valence-electron chi connectivity index (χ4n) is 7.49. The summed E-state index contributed by atoms with van der Waals surface area (Å²) in [6, 6.07) is 28.9. The van der Waals surface area contributed by atoms with Crippen molar-refractivity contribution in [3.63, 3.8) is 0 Å². The summed E-state index contributed by atoms with van der Waals surface area (Å²) in [5.41, 5.74) is 6.85. The fourth-order valence-corrected chi connectivity index (χ4v) is 7.49. The molecule has 0 atom stereocenters. The largest absolute Gasteiger partial charge is 0.507 e. The molecule has 0 bridgehead atoms. The molecule has 312 valence electrons. The van der Waals surface area contributed by atoms with Crippen molar-refractivity contribution < 1.29 is 41.3 Å². The molecule has 61 heavy (non-hydrogen) atoms. The zero-order chi connectivity index (χ0) is 52.0. The van der Waals surface area contributed by atoms with Crippen molar-refractivity contribution in [1.82, 2.24) is 14.5 Å². The minimum absolute atomic E-state index is 0. The first-order chi connectivity index (χ1) is 33.1. The van der Waals surface area contributed by atoms with Crippen molar-refractivity contribution in [2.24, 2.45) is 0 Å². The molecule has 0 saturated carbocycles. The number of fused-ring (bicyclic) bond motifs is 1. The maximum Gasteiger partial charge on any atom is 0.148 e. The third-order valence-electron chi connectivity index (χ3n) is 11.0. The van der Waals surface area contributed by atoms with Gasteiger partial charge in [-0.25, -0.2) is 4.98 Å². The molecule has 0 fully saturated rings. The monoisotopic (exact) mass is 992 g/mol. The molecule has 0 saturated heterocycles. The molecular weight excluding hydrogens is 926 g/mol. The smallest absolute Gasteiger partial charge is 0.148 e. The van der Waals surface area contributed by atoms with Gasteiger partial charge in [0.2, 0.25) is 0 Å². The van der Waals surface area contributed by atoms with Crippen molar-refractivity contribution in [2.75, 3.05) is 0 Å². The van der Waals surface area contributed by atoms with Crippen LogP contribution in [-0.2, 0) is 26.5 Å². The summed E-state index contributed by atoms with van der Waals surface area (Å²) < 4.78 is 97.2.